The number of hydrogen-bond donors (Lipinski definition) is 1. The van der Waals surface area contributed by atoms with Gasteiger partial charge in [0.2, 0.25) is 5.91 Å². The van der Waals surface area contributed by atoms with Crippen LogP contribution in [0.5, 0.6) is 5.75 Å². The van der Waals surface area contributed by atoms with E-state index in [1.54, 1.807) is 67.8 Å². The van der Waals surface area contributed by atoms with Crippen molar-refractivity contribution in [3.8, 4) is 11.4 Å². The summed E-state index contributed by atoms with van der Waals surface area (Å²) in [5.74, 6) is 0.289. The molecule has 3 aromatic carbocycles. The number of methoxy groups -OCH3 is 1. The minimum Gasteiger partial charge on any atom is -0.497 e. The zero-order valence-electron chi connectivity index (χ0n) is 17.2. The van der Waals surface area contributed by atoms with Gasteiger partial charge in [-0.05, 0) is 55.5 Å². The number of fused-ring (bicyclic) bond motifs is 1. The highest BCUT2D eigenvalue weighted by Gasteiger charge is 2.16. The summed E-state index contributed by atoms with van der Waals surface area (Å²) in [7, 11) is 1.56. The molecule has 0 unspecified atom stereocenters. The highest BCUT2D eigenvalue weighted by Crippen LogP contribution is 2.15. The summed E-state index contributed by atoms with van der Waals surface area (Å²) in [5.41, 5.74) is 1.46. The van der Waals surface area contributed by atoms with Gasteiger partial charge in [-0.25, -0.2) is 9.36 Å². The maximum Gasteiger partial charge on any atom is 0.336 e. The van der Waals surface area contributed by atoms with Crippen LogP contribution in [0, 0.1) is 6.92 Å². The van der Waals surface area contributed by atoms with Gasteiger partial charge in [-0.15, -0.1) is 0 Å². The molecule has 0 atom stereocenters. The van der Waals surface area contributed by atoms with Gasteiger partial charge in [0.05, 0.1) is 23.7 Å². The van der Waals surface area contributed by atoms with E-state index in [2.05, 4.69) is 5.32 Å². The van der Waals surface area contributed by atoms with Crippen LogP contribution in [-0.2, 0) is 11.3 Å². The summed E-state index contributed by atoms with van der Waals surface area (Å²) in [5, 5.41) is 3.13. The lowest BCUT2D eigenvalue weighted by Gasteiger charge is -2.14. The minimum absolute atomic E-state index is 0.239. The first-order chi connectivity index (χ1) is 15.0. The number of rotatable bonds is 5. The van der Waals surface area contributed by atoms with Gasteiger partial charge in [-0.3, -0.25) is 14.2 Å². The fourth-order valence-electron chi connectivity index (χ4n) is 3.41. The van der Waals surface area contributed by atoms with Gasteiger partial charge in [0.1, 0.15) is 12.3 Å². The Morgan fingerprint density at radius 3 is 2.29 bits per heavy atom. The Hall–Kier alpha value is -4.13. The number of nitrogens with one attached hydrogen (secondary N) is 1. The molecule has 0 spiro atoms. The number of anilines is 1. The van der Waals surface area contributed by atoms with Gasteiger partial charge in [-0.2, -0.15) is 0 Å². The lowest BCUT2D eigenvalue weighted by molar-refractivity contribution is -0.116. The third kappa shape index (κ3) is 3.98. The Morgan fingerprint density at radius 1 is 0.935 bits per heavy atom. The molecule has 7 heteroatoms. The van der Waals surface area contributed by atoms with Crippen LogP contribution < -0.4 is 21.3 Å². The van der Waals surface area contributed by atoms with Crippen molar-refractivity contribution in [2.45, 2.75) is 13.5 Å². The number of ether oxygens (including phenoxy) is 1. The molecule has 31 heavy (non-hydrogen) atoms. The van der Waals surface area contributed by atoms with Crippen LogP contribution in [-0.4, -0.2) is 22.2 Å². The minimum atomic E-state index is -0.572. The second-order valence-corrected chi connectivity index (χ2v) is 7.14. The third-order valence-electron chi connectivity index (χ3n) is 5.02. The molecule has 4 aromatic rings. The molecule has 0 fully saturated rings. The van der Waals surface area contributed by atoms with Crippen LogP contribution in [0.1, 0.15) is 5.56 Å². The molecule has 156 valence electrons. The van der Waals surface area contributed by atoms with Crippen LogP contribution in [0.15, 0.2) is 82.4 Å². The van der Waals surface area contributed by atoms with E-state index in [0.717, 1.165) is 10.1 Å². The number of carbonyl (C=O) groups is 1. The van der Waals surface area contributed by atoms with Crippen LogP contribution >= 0.6 is 0 Å². The van der Waals surface area contributed by atoms with E-state index in [4.69, 9.17) is 4.74 Å². The van der Waals surface area contributed by atoms with E-state index in [0.29, 0.717) is 28.0 Å². The first-order valence-electron chi connectivity index (χ1n) is 9.73. The average molecular weight is 415 g/mol. The summed E-state index contributed by atoms with van der Waals surface area (Å²) in [6.45, 7) is 1.69. The van der Waals surface area contributed by atoms with Gasteiger partial charge >= 0.3 is 5.69 Å². The smallest absolute Gasteiger partial charge is 0.336 e. The molecule has 0 aliphatic rings. The molecule has 0 saturated heterocycles. The van der Waals surface area contributed by atoms with Gasteiger partial charge in [0.25, 0.3) is 5.56 Å². The molecule has 0 bridgehead atoms. The number of para-hydroxylation sites is 1. The van der Waals surface area contributed by atoms with E-state index in [1.165, 1.54) is 4.57 Å². The molecule has 7 nitrogen and oxygen atoms in total. The molecule has 1 N–H and O–H groups in total. The molecule has 4 rings (SSSR count). The van der Waals surface area contributed by atoms with Gasteiger partial charge in [0, 0.05) is 5.69 Å². The zero-order chi connectivity index (χ0) is 22.0. The van der Waals surface area contributed by atoms with Crippen LogP contribution in [0.3, 0.4) is 0 Å². The summed E-state index contributed by atoms with van der Waals surface area (Å²) in [6, 6.07) is 20.8. The summed E-state index contributed by atoms with van der Waals surface area (Å²) < 4.78 is 7.53. The number of carbonyl (C=O) groups excluding carboxylic acids is 1. The maximum absolute atomic E-state index is 13.3. The van der Waals surface area contributed by atoms with Gasteiger partial charge in [0.15, 0.2) is 0 Å². The molecule has 0 aliphatic heterocycles. The van der Waals surface area contributed by atoms with E-state index in [-0.39, 0.29) is 12.5 Å². The van der Waals surface area contributed by atoms with E-state index < -0.39 is 11.2 Å². The second kappa shape index (κ2) is 8.31. The van der Waals surface area contributed by atoms with E-state index in [9.17, 15) is 14.4 Å². The lowest BCUT2D eigenvalue weighted by atomic mass is 10.2. The van der Waals surface area contributed by atoms with Gasteiger partial charge in [-0.1, -0.05) is 29.8 Å². The van der Waals surface area contributed by atoms with E-state index in [1.807, 2.05) is 19.1 Å². The molecule has 0 aliphatic carbocycles. The van der Waals surface area contributed by atoms with Crippen LogP contribution in [0.25, 0.3) is 16.6 Å². The Bertz CT molecular complexity index is 1370. The highest BCUT2D eigenvalue weighted by atomic mass is 16.5. The van der Waals surface area contributed by atoms with Crippen molar-refractivity contribution in [2.24, 2.45) is 0 Å². The predicted octanol–water partition coefficient (Wildman–Crippen LogP) is 3.11. The molecule has 1 heterocycles. The normalized spacial score (nSPS) is 10.8. The quantitative estimate of drug-likeness (QED) is 0.543. The van der Waals surface area contributed by atoms with Crippen molar-refractivity contribution >= 4 is 22.5 Å². The SMILES string of the molecule is COc1ccc(NC(=O)Cn2c(=O)n(-c3ccc(C)cc3)c(=O)c3ccccc32)cc1. The van der Waals surface area contributed by atoms with Crippen molar-refractivity contribution < 1.29 is 9.53 Å². The predicted molar refractivity (Wildman–Crippen MR) is 120 cm³/mol. The molecule has 1 amide bonds. The molecule has 1 aromatic heterocycles. The fraction of sp³-hybridized carbons (Fsp3) is 0.125. The van der Waals surface area contributed by atoms with Crippen LogP contribution in [0.4, 0.5) is 5.69 Å². The first kappa shape index (κ1) is 20.2. The van der Waals surface area contributed by atoms with Gasteiger partial charge < -0.3 is 10.1 Å². The van der Waals surface area contributed by atoms with Crippen molar-refractivity contribution in [1.29, 1.82) is 0 Å². The standard InChI is InChI=1S/C24H21N3O4/c1-16-7-11-18(12-8-16)27-23(29)20-5-3-4-6-21(20)26(24(27)30)15-22(28)25-17-9-13-19(31-2)14-10-17/h3-14H,15H2,1-2H3,(H,25,28). The largest absolute Gasteiger partial charge is 0.497 e. The number of hydrogen-bond acceptors (Lipinski definition) is 4. The third-order valence-corrected chi connectivity index (χ3v) is 5.02. The number of aryl methyl sites for hydroxylation is 1. The number of benzene rings is 3. The van der Waals surface area contributed by atoms with Crippen LogP contribution in [0.2, 0.25) is 0 Å². The molecular weight excluding hydrogens is 394 g/mol. The fourth-order valence-corrected chi connectivity index (χ4v) is 3.41. The number of amides is 1. The molecule has 0 radical (unpaired) electrons. The van der Waals surface area contributed by atoms with Crippen molar-refractivity contribution in [2.75, 3.05) is 12.4 Å². The number of aromatic nitrogens is 2. The highest BCUT2D eigenvalue weighted by molar-refractivity contribution is 5.91. The second-order valence-electron chi connectivity index (χ2n) is 7.14. The monoisotopic (exact) mass is 415 g/mol. The first-order valence-corrected chi connectivity index (χ1v) is 9.73. The molecule has 0 saturated carbocycles. The Morgan fingerprint density at radius 2 is 1.61 bits per heavy atom. The number of nitrogens with zero attached hydrogens (tertiary/aromatic N) is 2. The Labute approximate surface area is 178 Å². The average Bonchev–Trinajstić information content (AvgIpc) is 2.78. The summed E-state index contributed by atoms with van der Waals surface area (Å²) in [4.78, 5) is 39.1. The Balaban J connectivity index is 1.77. The van der Waals surface area contributed by atoms with Crippen molar-refractivity contribution in [3.05, 3.63) is 99.2 Å². The van der Waals surface area contributed by atoms with E-state index >= 15 is 0 Å². The maximum atomic E-state index is 13.3. The lowest BCUT2D eigenvalue weighted by Crippen LogP contribution is -2.40. The summed E-state index contributed by atoms with van der Waals surface area (Å²) in [6.07, 6.45) is 0. The summed E-state index contributed by atoms with van der Waals surface area (Å²) >= 11 is 0. The van der Waals surface area contributed by atoms with Crippen molar-refractivity contribution in [3.63, 3.8) is 0 Å². The molecular formula is C24H21N3O4. The Kier molecular flexibility index (Phi) is 5.41. The zero-order valence-corrected chi connectivity index (χ0v) is 17.2. The van der Waals surface area contributed by atoms with Crippen molar-refractivity contribution in [1.82, 2.24) is 9.13 Å². The topological polar surface area (TPSA) is 82.3 Å².